The molecule has 0 saturated carbocycles. The summed E-state index contributed by atoms with van der Waals surface area (Å²) in [4.78, 5) is 0. The molecule has 0 saturated heterocycles. The SMILES string of the molecule is CC(O)C(Oc1cccc(Br)c1)C(C)(C)C. The number of benzene rings is 1. The third-order valence-electron chi connectivity index (χ3n) is 2.35. The molecule has 90 valence electrons. The van der Waals surface area contributed by atoms with Gasteiger partial charge in [-0.3, -0.25) is 0 Å². The molecule has 1 rings (SSSR count). The summed E-state index contributed by atoms with van der Waals surface area (Å²) < 4.78 is 6.82. The minimum Gasteiger partial charge on any atom is -0.487 e. The molecule has 3 heteroatoms. The summed E-state index contributed by atoms with van der Waals surface area (Å²) in [6.07, 6.45) is -0.721. The summed E-state index contributed by atoms with van der Waals surface area (Å²) in [5, 5.41) is 9.74. The van der Waals surface area contributed by atoms with E-state index in [1.165, 1.54) is 0 Å². The maximum atomic E-state index is 9.74. The molecule has 0 aliphatic heterocycles. The maximum absolute atomic E-state index is 9.74. The van der Waals surface area contributed by atoms with Crippen LogP contribution < -0.4 is 4.74 Å². The van der Waals surface area contributed by atoms with E-state index in [-0.39, 0.29) is 11.5 Å². The topological polar surface area (TPSA) is 29.5 Å². The van der Waals surface area contributed by atoms with Crippen LogP contribution in [0.25, 0.3) is 0 Å². The molecule has 2 atom stereocenters. The maximum Gasteiger partial charge on any atom is 0.129 e. The normalized spacial score (nSPS) is 15.6. The molecule has 2 unspecified atom stereocenters. The van der Waals surface area contributed by atoms with Gasteiger partial charge in [0.05, 0.1) is 6.10 Å². The molecule has 16 heavy (non-hydrogen) atoms. The van der Waals surface area contributed by atoms with Gasteiger partial charge in [0.2, 0.25) is 0 Å². The second-order valence-corrected chi connectivity index (χ2v) is 6.02. The Balaban J connectivity index is 2.84. The van der Waals surface area contributed by atoms with Crippen molar-refractivity contribution in [3.8, 4) is 5.75 Å². The lowest BCUT2D eigenvalue weighted by atomic mass is 9.86. The van der Waals surface area contributed by atoms with Gasteiger partial charge in [-0.05, 0) is 25.1 Å². The minimum atomic E-state index is -0.501. The zero-order chi connectivity index (χ0) is 12.3. The number of rotatable bonds is 3. The summed E-state index contributed by atoms with van der Waals surface area (Å²) in [5.41, 5.74) is -0.101. The van der Waals surface area contributed by atoms with Gasteiger partial charge >= 0.3 is 0 Å². The highest BCUT2D eigenvalue weighted by molar-refractivity contribution is 9.10. The summed E-state index contributed by atoms with van der Waals surface area (Å²) in [6, 6.07) is 7.66. The molecule has 0 fully saturated rings. The molecule has 0 aliphatic rings. The molecular weight excluding hydrogens is 268 g/mol. The fourth-order valence-electron chi connectivity index (χ4n) is 1.69. The van der Waals surface area contributed by atoms with Crippen LogP contribution in [0.2, 0.25) is 0 Å². The van der Waals surface area contributed by atoms with Crippen molar-refractivity contribution in [2.24, 2.45) is 5.41 Å². The van der Waals surface area contributed by atoms with Crippen LogP contribution in [0.5, 0.6) is 5.75 Å². The summed E-state index contributed by atoms with van der Waals surface area (Å²) >= 11 is 3.40. The molecule has 0 aromatic heterocycles. The van der Waals surface area contributed by atoms with E-state index in [0.29, 0.717) is 0 Å². The van der Waals surface area contributed by atoms with Gasteiger partial charge in [0.15, 0.2) is 0 Å². The van der Waals surface area contributed by atoms with Gasteiger partial charge in [0, 0.05) is 9.89 Å². The van der Waals surface area contributed by atoms with Gasteiger partial charge in [0.1, 0.15) is 11.9 Å². The van der Waals surface area contributed by atoms with Crippen molar-refractivity contribution in [2.45, 2.75) is 39.9 Å². The van der Waals surface area contributed by atoms with E-state index in [2.05, 4.69) is 36.7 Å². The van der Waals surface area contributed by atoms with Crippen LogP contribution in [-0.2, 0) is 0 Å². The van der Waals surface area contributed by atoms with E-state index in [4.69, 9.17) is 4.74 Å². The highest BCUT2D eigenvalue weighted by Gasteiger charge is 2.30. The van der Waals surface area contributed by atoms with Crippen LogP contribution in [0.15, 0.2) is 28.7 Å². The van der Waals surface area contributed by atoms with Crippen molar-refractivity contribution < 1.29 is 9.84 Å². The molecule has 1 aromatic rings. The van der Waals surface area contributed by atoms with Gasteiger partial charge < -0.3 is 9.84 Å². The highest BCUT2D eigenvalue weighted by Crippen LogP contribution is 2.28. The Bertz CT molecular complexity index is 342. The van der Waals surface area contributed by atoms with Crippen LogP contribution in [-0.4, -0.2) is 17.3 Å². The van der Waals surface area contributed by atoms with Crippen molar-refractivity contribution >= 4 is 15.9 Å². The first-order valence-electron chi connectivity index (χ1n) is 5.41. The minimum absolute atomic E-state index is 0.101. The lowest BCUT2D eigenvalue weighted by Gasteiger charge is -2.33. The van der Waals surface area contributed by atoms with Crippen molar-refractivity contribution in [3.63, 3.8) is 0 Å². The van der Waals surface area contributed by atoms with E-state index < -0.39 is 6.10 Å². The number of aliphatic hydroxyl groups excluding tert-OH is 1. The van der Waals surface area contributed by atoms with Gasteiger partial charge in [-0.25, -0.2) is 0 Å². The Labute approximate surface area is 106 Å². The van der Waals surface area contributed by atoms with Crippen molar-refractivity contribution in [2.75, 3.05) is 0 Å². The molecule has 0 aliphatic carbocycles. The number of aliphatic hydroxyl groups is 1. The number of hydrogen-bond acceptors (Lipinski definition) is 2. The molecule has 0 heterocycles. The predicted molar refractivity (Wildman–Crippen MR) is 69.7 cm³/mol. The Morgan fingerprint density at radius 3 is 2.38 bits per heavy atom. The molecule has 1 N–H and O–H groups in total. The molecular formula is C13H19BrO2. The second kappa shape index (κ2) is 5.19. The average molecular weight is 287 g/mol. The average Bonchev–Trinajstić information content (AvgIpc) is 2.12. The smallest absolute Gasteiger partial charge is 0.129 e. The summed E-state index contributed by atoms with van der Waals surface area (Å²) in [5.74, 6) is 0.773. The lowest BCUT2D eigenvalue weighted by Crippen LogP contribution is -2.41. The van der Waals surface area contributed by atoms with Crippen molar-refractivity contribution in [1.82, 2.24) is 0 Å². The quantitative estimate of drug-likeness (QED) is 0.920. The van der Waals surface area contributed by atoms with Crippen molar-refractivity contribution in [1.29, 1.82) is 0 Å². The Morgan fingerprint density at radius 1 is 1.31 bits per heavy atom. The van der Waals surface area contributed by atoms with Crippen LogP contribution in [0, 0.1) is 5.41 Å². The van der Waals surface area contributed by atoms with E-state index in [1.807, 2.05) is 24.3 Å². The molecule has 0 bridgehead atoms. The third kappa shape index (κ3) is 3.80. The Kier molecular flexibility index (Phi) is 4.39. The summed E-state index contributed by atoms with van der Waals surface area (Å²) in [7, 11) is 0. The standard InChI is InChI=1S/C13H19BrO2/c1-9(15)12(13(2,3)4)16-11-7-5-6-10(14)8-11/h5-9,12,15H,1-4H3. The first-order valence-corrected chi connectivity index (χ1v) is 6.20. The van der Waals surface area contributed by atoms with Crippen LogP contribution in [0.3, 0.4) is 0 Å². The van der Waals surface area contributed by atoms with E-state index >= 15 is 0 Å². The fraction of sp³-hybridized carbons (Fsp3) is 0.538. The highest BCUT2D eigenvalue weighted by atomic mass is 79.9. The molecule has 0 spiro atoms. The van der Waals surface area contributed by atoms with Gasteiger partial charge in [-0.1, -0.05) is 42.8 Å². The predicted octanol–water partition coefficient (Wildman–Crippen LogP) is 3.62. The second-order valence-electron chi connectivity index (χ2n) is 5.10. The number of ether oxygens (including phenoxy) is 1. The lowest BCUT2D eigenvalue weighted by molar-refractivity contribution is -0.0173. The van der Waals surface area contributed by atoms with Gasteiger partial charge in [-0.2, -0.15) is 0 Å². The third-order valence-corrected chi connectivity index (χ3v) is 2.84. The molecule has 1 aromatic carbocycles. The molecule has 0 amide bonds. The van der Waals surface area contributed by atoms with Gasteiger partial charge in [-0.15, -0.1) is 0 Å². The zero-order valence-corrected chi connectivity index (χ0v) is 11.8. The molecule has 2 nitrogen and oxygen atoms in total. The molecule has 0 radical (unpaired) electrons. The largest absolute Gasteiger partial charge is 0.487 e. The fourth-order valence-corrected chi connectivity index (χ4v) is 2.06. The van der Waals surface area contributed by atoms with E-state index in [1.54, 1.807) is 6.92 Å². The monoisotopic (exact) mass is 286 g/mol. The van der Waals surface area contributed by atoms with Crippen LogP contribution >= 0.6 is 15.9 Å². The Morgan fingerprint density at radius 2 is 1.94 bits per heavy atom. The van der Waals surface area contributed by atoms with Crippen LogP contribution in [0.4, 0.5) is 0 Å². The van der Waals surface area contributed by atoms with Crippen LogP contribution in [0.1, 0.15) is 27.7 Å². The number of hydrogen-bond donors (Lipinski definition) is 1. The number of halogens is 1. The van der Waals surface area contributed by atoms with Gasteiger partial charge in [0.25, 0.3) is 0 Å². The summed E-state index contributed by atoms with van der Waals surface area (Å²) in [6.45, 7) is 7.93. The van der Waals surface area contributed by atoms with E-state index in [0.717, 1.165) is 10.2 Å². The Hall–Kier alpha value is -0.540. The van der Waals surface area contributed by atoms with Crippen molar-refractivity contribution in [3.05, 3.63) is 28.7 Å². The van der Waals surface area contributed by atoms with E-state index in [9.17, 15) is 5.11 Å². The zero-order valence-electron chi connectivity index (χ0n) is 10.2. The first-order chi connectivity index (χ1) is 7.30. The first kappa shape index (κ1) is 13.5.